The Hall–Kier alpha value is -1.56. The predicted octanol–water partition coefficient (Wildman–Crippen LogP) is 2.65. The molecular weight excluding hydrogens is 241 g/mol. The van der Waals surface area contributed by atoms with E-state index in [0.717, 1.165) is 4.90 Å². The fourth-order valence-electron chi connectivity index (χ4n) is 1.23. The van der Waals surface area contributed by atoms with Gasteiger partial charge in [-0.1, -0.05) is 6.92 Å². The molecule has 0 bridgehead atoms. The van der Waals surface area contributed by atoms with Gasteiger partial charge in [0.2, 0.25) is 11.8 Å². The van der Waals surface area contributed by atoms with Crippen LogP contribution in [-0.2, 0) is 12.2 Å². The largest absolute Gasteiger partial charge is 0.424 e. The number of aromatic nitrogens is 2. The molecule has 0 radical (unpaired) electrons. The molecule has 2 N–H and O–H groups in total. The topological polar surface area (TPSA) is 64.9 Å². The summed E-state index contributed by atoms with van der Waals surface area (Å²) in [6.45, 7) is 1.94. The number of nitrogens with two attached hydrogens (primary N) is 1. The maximum absolute atomic E-state index is 13.2. The van der Waals surface area contributed by atoms with Gasteiger partial charge in [0.25, 0.3) is 0 Å². The molecule has 1 aromatic heterocycles. The van der Waals surface area contributed by atoms with Crippen molar-refractivity contribution < 1.29 is 8.81 Å². The third kappa shape index (κ3) is 2.97. The fraction of sp³-hybridized carbons (Fsp3) is 0.273. The van der Waals surface area contributed by atoms with Crippen LogP contribution in [0.3, 0.4) is 0 Å². The van der Waals surface area contributed by atoms with Gasteiger partial charge in [-0.3, -0.25) is 0 Å². The summed E-state index contributed by atoms with van der Waals surface area (Å²) in [4.78, 5) is 0.785. The molecule has 0 fully saturated rings. The normalized spacial score (nSPS) is 10.7. The Morgan fingerprint density at radius 2 is 2.12 bits per heavy atom. The van der Waals surface area contributed by atoms with E-state index in [4.69, 9.17) is 10.2 Å². The molecule has 1 heterocycles. The van der Waals surface area contributed by atoms with E-state index in [-0.39, 0.29) is 5.69 Å². The van der Waals surface area contributed by atoms with Gasteiger partial charge < -0.3 is 10.2 Å². The first-order valence-electron chi connectivity index (χ1n) is 5.18. The van der Waals surface area contributed by atoms with Crippen LogP contribution in [0.15, 0.2) is 27.5 Å². The van der Waals surface area contributed by atoms with Crippen LogP contribution < -0.4 is 5.73 Å². The summed E-state index contributed by atoms with van der Waals surface area (Å²) in [6.07, 6.45) is 0.716. The summed E-state index contributed by atoms with van der Waals surface area (Å²) in [5.74, 6) is 1.28. The fourth-order valence-corrected chi connectivity index (χ4v) is 1.99. The summed E-state index contributed by atoms with van der Waals surface area (Å²) < 4.78 is 18.5. The van der Waals surface area contributed by atoms with E-state index in [0.29, 0.717) is 24.0 Å². The Kier molecular flexibility index (Phi) is 3.63. The zero-order valence-electron chi connectivity index (χ0n) is 9.31. The molecule has 2 rings (SSSR count). The molecule has 0 aliphatic rings. The van der Waals surface area contributed by atoms with E-state index < -0.39 is 5.82 Å². The lowest BCUT2D eigenvalue weighted by Crippen LogP contribution is -1.90. The van der Waals surface area contributed by atoms with Gasteiger partial charge in [0.1, 0.15) is 5.82 Å². The number of aryl methyl sites for hydroxylation is 1. The maximum Gasteiger partial charge on any atom is 0.226 e. The van der Waals surface area contributed by atoms with Gasteiger partial charge >= 0.3 is 0 Å². The van der Waals surface area contributed by atoms with Crippen molar-refractivity contribution in [2.24, 2.45) is 0 Å². The number of nitrogens with zero attached hydrogens (tertiary/aromatic N) is 2. The van der Waals surface area contributed by atoms with Crippen molar-refractivity contribution in [2.75, 3.05) is 5.73 Å². The highest BCUT2D eigenvalue weighted by Gasteiger charge is 2.06. The van der Waals surface area contributed by atoms with Crippen molar-refractivity contribution in [1.29, 1.82) is 0 Å². The van der Waals surface area contributed by atoms with E-state index >= 15 is 0 Å². The van der Waals surface area contributed by atoms with Crippen LogP contribution >= 0.6 is 11.8 Å². The minimum Gasteiger partial charge on any atom is -0.424 e. The quantitative estimate of drug-likeness (QED) is 0.670. The van der Waals surface area contributed by atoms with Gasteiger partial charge in [-0.2, -0.15) is 0 Å². The third-order valence-electron chi connectivity index (χ3n) is 2.15. The SMILES string of the molecule is CCc1nnc(CSc2ccc(N)c(F)c2)o1. The second-order valence-electron chi connectivity index (χ2n) is 3.42. The molecule has 4 nitrogen and oxygen atoms in total. The van der Waals surface area contributed by atoms with Gasteiger partial charge in [-0.25, -0.2) is 4.39 Å². The van der Waals surface area contributed by atoms with Crippen molar-refractivity contribution in [2.45, 2.75) is 24.0 Å². The molecule has 1 aromatic carbocycles. The van der Waals surface area contributed by atoms with Crippen LogP contribution in [-0.4, -0.2) is 10.2 Å². The Balaban J connectivity index is 1.99. The van der Waals surface area contributed by atoms with Crippen LogP contribution in [0.25, 0.3) is 0 Å². The van der Waals surface area contributed by atoms with Crippen molar-refractivity contribution in [3.05, 3.63) is 35.8 Å². The molecule has 90 valence electrons. The summed E-state index contributed by atoms with van der Waals surface area (Å²) in [5, 5.41) is 7.74. The number of halogens is 1. The number of thioether (sulfide) groups is 1. The Labute approximate surface area is 102 Å². The average Bonchev–Trinajstić information content (AvgIpc) is 2.79. The van der Waals surface area contributed by atoms with Gasteiger partial charge in [0.05, 0.1) is 11.4 Å². The van der Waals surface area contributed by atoms with Gasteiger partial charge in [0, 0.05) is 11.3 Å². The molecule has 0 saturated carbocycles. The van der Waals surface area contributed by atoms with Crippen molar-refractivity contribution in [3.8, 4) is 0 Å². The lowest BCUT2D eigenvalue weighted by atomic mass is 10.3. The van der Waals surface area contributed by atoms with E-state index in [1.807, 2.05) is 6.92 Å². The standard InChI is InChI=1S/C11H12FN3OS/c1-2-10-14-15-11(16-10)6-17-7-3-4-9(13)8(12)5-7/h3-5H,2,6,13H2,1H3. The smallest absolute Gasteiger partial charge is 0.226 e. The van der Waals surface area contributed by atoms with E-state index in [1.165, 1.54) is 17.8 Å². The minimum atomic E-state index is -0.408. The van der Waals surface area contributed by atoms with E-state index in [9.17, 15) is 4.39 Å². The first-order valence-corrected chi connectivity index (χ1v) is 6.16. The Bertz CT molecular complexity index is 515. The number of hydrogen-bond acceptors (Lipinski definition) is 5. The highest BCUT2D eigenvalue weighted by Crippen LogP contribution is 2.24. The second kappa shape index (κ2) is 5.18. The molecule has 2 aromatic rings. The van der Waals surface area contributed by atoms with Gasteiger partial charge in [-0.15, -0.1) is 22.0 Å². The molecule has 17 heavy (non-hydrogen) atoms. The second-order valence-corrected chi connectivity index (χ2v) is 4.46. The molecule has 0 atom stereocenters. The van der Waals surface area contributed by atoms with Gasteiger partial charge in [0.15, 0.2) is 0 Å². The van der Waals surface area contributed by atoms with Gasteiger partial charge in [-0.05, 0) is 18.2 Å². The van der Waals surface area contributed by atoms with Crippen LogP contribution in [0.4, 0.5) is 10.1 Å². The molecular formula is C11H12FN3OS. The highest BCUT2D eigenvalue weighted by molar-refractivity contribution is 7.98. The summed E-state index contributed by atoms with van der Waals surface area (Å²) >= 11 is 1.43. The first kappa shape index (κ1) is 11.9. The summed E-state index contributed by atoms with van der Waals surface area (Å²) in [7, 11) is 0. The summed E-state index contributed by atoms with van der Waals surface area (Å²) in [5.41, 5.74) is 5.55. The molecule has 0 spiro atoms. The minimum absolute atomic E-state index is 0.153. The summed E-state index contributed by atoms with van der Waals surface area (Å²) in [6, 6.07) is 4.71. The zero-order chi connectivity index (χ0) is 12.3. The molecule has 0 unspecified atom stereocenters. The number of anilines is 1. The molecule has 0 amide bonds. The molecule has 0 aliphatic heterocycles. The molecule has 6 heteroatoms. The van der Waals surface area contributed by atoms with Crippen LogP contribution in [0.2, 0.25) is 0 Å². The average molecular weight is 253 g/mol. The van der Waals surface area contributed by atoms with Crippen LogP contribution in [0.5, 0.6) is 0 Å². The first-order chi connectivity index (χ1) is 8.19. The van der Waals surface area contributed by atoms with Crippen LogP contribution in [0.1, 0.15) is 18.7 Å². The van der Waals surface area contributed by atoms with Crippen molar-refractivity contribution in [3.63, 3.8) is 0 Å². The Morgan fingerprint density at radius 3 is 2.76 bits per heavy atom. The lowest BCUT2D eigenvalue weighted by molar-refractivity contribution is 0.470. The lowest BCUT2D eigenvalue weighted by Gasteiger charge is -2.00. The predicted molar refractivity (Wildman–Crippen MR) is 64.0 cm³/mol. The monoisotopic (exact) mass is 253 g/mol. The van der Waals surface area contributed by atoms with Crippen molar-refractivity contribution >= 4 is 17.4 Å². The molecule has 0 saturated heterocycles. The number of rotatable bonds is 4. The highest BCUT2D eigenvalue weighted by atomic mass is 32.2. The number of hydrogen-bond donors (Lipinski definition) is 1. The van der Waals surface area contributed by atoms with Crippen molar-refractivity contribution in [1.82, 2.24) is 10.2 Å². The number of nitrogen functional groups attached to an aromatic ring is 1. The third-order valence-corrected chi connectivity index (χ3v) is 3.12. The van der Waals surface area contributed by atoms with E-state index in [1.54, 1.807) is 12.1 Å². The van der Waals surface area contributed by atoms with Crippen LogP contribution in [0, 0.1) is 5.82 Å². The Morgan fingerprint density at radius 1 is 1.35 bits per heavy atom. The maximum atomic E-state index is 13.2. The number of benzene rings is 1. The molecule has 0 aliphatic carbocycles. The zero-order valence-corrected chi connectivity index (χ0v) is 10.1. The van der Waals surface area contributed by atoms with E-state index in [2.05, 4.69) is 10.2 Å².